The maximum absolute atomic E-state index is 11.3. The molecule has 1 saturated carbocycles. The molecule has 2 rings (SSSR count). The summed E-state index contributed by atoms with van der Waals surface area (Å²) >= 11 is 0. The molecule has 1 aromatic heterocycles. The van der Waals surface area contributed by atoms with Gasteiger partial charge in [-0.25, -0.2) is 4.98 Å². The van der Waals surface area contributed by atoms with Crippen LogP contribution in [0.4, 0.5) is 11.5 Å². The molecule has 0 unspecified atom stereocenters. The van der Waals surface area contributed by atoms with E-state index in [1.54, 1.807) is 0 Å². The monoisotopic (exact) mass is 294 g/mol. The van der Waals surface area contributed by atoms with Gasteiger partial charge in [-0.05, 0) is 19.3 Å². The Morgan fingerprint density at radius 3 is 2.67 bits per heavy atom. The van der Waals surface area contributed by atoms with Gasteiger partial charge in [0.05, 0.1) is 11.5 Å². The zero-order valence-electron chi connectivity index (χ0n) is 12.4. The van der Waals surface area contributed by atoms with Gasteiger partial charge in [-0.3, -0.25) is 10.1 Å². The van der Waals surface area contributed by atoms with Crippen molar-refractivity contribution in [2.24, 2.45) is 0 Å². The average molecular weight is 294 g/mol. The molecule has 0 aliphatic heterocycles. The summed E-state index contributed by atoms with van der Waals surface area (Å²) in [6.07, 6.45) is 8.89. The van der Waals surface area contributed by atoms with Crippen molar-refractivity contribution in [2.75, 3.05) is 11.9 Å². The highest BCUT2D eigenvalue weighted by molar-refractivity contribution is 5.61. The zero-order valence-corrected chi connectivity index (χ0v) is 12.4. The topological polar surface area (TPSA) is 90.2 Å². The van der Waals surface area contributed by atoms with Gasteiger partial charge in [0.15, 0.2) is 0 Å². The molecular formula is C14H22N4O3. The number of nitrogens with one attached hydrogen (secondary N) is 1. The van der Waals surface area contributed by atoms with Gasteiger partial charge in [0.25, 0.3) is 5.88 Å². The van der Waals surface area contributed by atoms with Gasteiger partial charge in [-0.15, -0.1) is 0 Å². The van der Waals surface area contributed by atoms with E-state index < -0.39 is 4.92 Å². The summed E-state index contributed by atoms with van der Waals surface area (Å²) in [5, 5.41) is 14.5. The predicted molar refractivity (Wildman–Crippen MR) is 79.6 cm³/mol. The van der Waals surface area contributed by atoms with Gasteiger partial charge in [0.2, 0.25) is 5.82 Å². The molecule has 0 atom stereocenters. The lowest BCUT2D eigenvalue weighted by Crippen LogP contribution is -2.20. The highest BCUT2D eigenvalue weighted by Crippen LogP contribution is 2.32. The third-order valence-electron chi connectivity index (χ3n) is 3.61. The summed E-state index contributed by atoms with van der Waals surface area (Å²) in [6.45, 7) is 2.35. The van der Waals surface area contributed by atoms with Gasteiger partial charge < -0.3 is 10.1 Å². The quantitative estimate of drug-likeness (QED) is 0.492. The largest absolute Gasteiger partial charge is 0.473 e. The summed E-state index contributed by atoms with van der Waals surface area (Å²) in [5.41, 5.74) is -0.157. The Morgan fingerprint density at radius 2 is 2.05 bits per heavy atom. The van der Waals surface area contributed by atoms with Gasteiger partial charge in [-0.1, -0.05) is 32.6 Å². The van der Waals surface area contributed by atoms with E-state index in [-0.39, 0.29) is 23.4 Å². The Balaban J connectivity index is 2.18. The molecule has 0 spiro atoms. The van der Waals surface area contributed by atoms with Crippen LogP contribution in [-0.2, 0) is 0 Å². The predicted octanol–water partition coefficient (Wildman–Crippen LogP) is 3.31. The Kier molecular flexibility index (Phi) is 5.71. The van der Waals surface area contributed by atoms with Crippen molar-refractivity contribution in [3.05, 3.63) is 16.4 Å². The molecule has 7 heteroatoms. The second-order valence-corrected chi connectivity index (χ2v) is 5.31. The highest BCUT2D eigenvalue weighted by atomic mass is 16.6. The van der Waals surface area contributed by atoms with Crippen molar-refractivity contribution in [3.8, 4) is 5.88 Å². The number of nitro groups is 1. The standard InChI is InChI=1S/C14H22N4O3/c1-2-9-21-14-12(18(19)20)13(15-10-16-14)17-11-7-5-3-4-6-8-11/h10-11H,2-9H2,1H3,(H,15,16,17). The molecule has 0 bridgehead atoms. The lowest BCUT2D eigenvalue weighted by molar-refractivity contribution is -0.385. The molecule has 0 amide bonds. The Hall–Kier alpha value is -1.92. The SMILES string of the molecule is CCCOc1ncnc(NC2CCCCCC2)c1[N+](=O)[O-]. The summed E-state index contributed by atoms with van der Waals surface area (Å²) in [4.78, 5) is 18.8. The van der Waals surface area contributed by atoms with Crippen molar-refractivity contribution in [1.29, 1.82) is 0 Å². The van der Waals surface area contributed by atoms with E-state index in [9.17, 15) is 10.1 Å². The number of anilines is 1. The first-order chi connectivity index (χ1) is 10.2. The molecule has 0 saturated heterocycles. The van der Waals surface area contributed by atoms with E-state index >= 15 is 0 Å². The second kappa shape index (κ2) is 7.75. The van der Waals surface area contributed by atoms with Crippen molar-refractivity contribution >= 4 is 11.5 Å². The average Bonchev–Trinajstić information content (AvgIpc) is 2.73. The number of hydrogen-bond acceptors (Lipinski definition) is 6. The second-order valence-electron chi connectivity index (χ2n) is 5.31. The fourth-order valence-electron chi connectivity index (χ4n) is 2.55. The molecule has 1 aliphatic carbocycles. The summed E-state index contributed by atoms with van der Waals surface area (Å²) in [6, 6.07) is 0.236. The van der Waals surface area contributed by atoms with E-state index in [0.717, 1.165) is 32.1 Å². The minimum absolute atomic E-state index is 0.0490. The molecule has 0 aromatic carbocycles. The number of hydrogen-bond donors (Lipinski definition) is 1. The molecule has 1 aromatic rings. The number of aromatic nitrogens is 2. The molecule has 116 valence electrons. The third-order valence-corrected chi connectivity index (χ3v) is 3.61. The number of rotatable bonds is 6. The molecule has 21 heavy (non-hydrogen) atoms. The fraction of sp³-hybridized carbons (Fsp3) is 0.714. The normalized spacial score (nSPS) is 16.2. The molecule has 1 heterocycles. The van der Waals surface area contributed by atoms with Gasteiger partial charge in [0, 0.05) is 6.04 Å². The minimum atomic E-state index is -0.468. The Bertz CT molecular complexity index is 473. The van der Waals surface area contributed by atoms with Crippen LogP contribution < -0.4 is 10.1 Å². The lowest BCUT2D eigenvalue weighted by Gasteiger charge is -2.17. The van der Waals surface area contributed by atoms with Crippen molar-refractivity contribution in [2.45, 2.75) is 57.9 Å². The van der Waals surface area contributed by atoms with Crippen LogP contribution in [0, 0.1) is 10.1 Å². The van der Waals surface area contributed by atoms with Crippen molar-refractivity contribution in [1.82, 2.24) is 9.97 Å². The lowest BCUT2D eigenvalue weighted by atomic mass is 10.1. The van der Waals surface area contributed by atoms with Gasteiger partial charge >= 0.3 is 5.69 Å². The van der Waals surface area contributed by atoms with Crippen LogP contribution in [0.5, 0.6) is 5.88 Å². The zero-order chi connectivity index (χ0) is 15.1. The molecule has 0 radical (unpaired) electrons. The van der Waals surface area contributed by atoms with Crippen LogP contribution in [0.1, 0.15) is 51.9 Å². The summed E-state index contributed by atoms with van der Waals surface area (Å²) in [5.74, 6) is 0.320. The first kappa shape index (κ1) is 15.5. The Labute approximate surface area is 124 Å². The first-order valence-corrected chi connectivity index (χ1v) is 7.61. The van der Waals surface area contributed by atoms with Crippen LogP contribution in [-0.4, -0.2) is 27.5 Å². The highest BCUT2D eigenvalue weighted by Gasteiger charge is 2.26. The van der Waals surface area contributed by atoms with Gasteiger partial charge in [0.1, 0.15) is 6.33 Å². The van der Waals surface area contributed by atoms with Crippen LogP contribution in [0.25, 0.3) is 0 Å². The molecule has 1 aliphatic rings. The Morgan fingerprint density at radius 1 is 1.33 bits per heavy atom. The summed E-state index contributed by atoms with van der Waals surface area (Å²) in [7, 11) is 0. The molecule has 1 fully saturated rings. The number of ether oxygens (including phenoxy) is 1. The maximum Gasteiger partial charge on any atom is 0.372 e. The summed E-state index contributed by atoms with van der Waals surface area (Å²) < 4.78 is 5.37. The smallest absolute Gasteiger partial charge is 0.372 e. The maximum atomic E-state index is 11.3. The van der Waals surface area contributed by atoms with Gasteiger partial charge in [-0.2, -0.15) is 4.98 Å². The van der Waals surface area contributed by atoms with Crippen LogP contribution in [0.15, 0.2) is 6.33 Å². The van der Waals surface area contributed by atoms with E-state index in [2.05, 4.69) is 15.3 Å². The van der Waals surface area contributed by atoms with Crippen LogP contribution in [0.2, 0.25) is 0 Å². The van der Waals surface area contributed by atoms with E-state index in [0.29, 0.717) is 6.61 Å². The van der Waals surface area contributed by atoms with E-state index in [4.69, 9.17) is 4.74 Å². The number of nitrogens with zero attached hydrogens (tertiary/aromatic N) is 3. The first-order valence-electron chi connectivity index (χ1n) is 7.61. The molecule has 1 N–H and O–H groups in total. The van der Waals surface area contributed by atoms with Crippen molar-refractivity contribution < 1.29 is 9.66 Å². The van der Waals surface area contributed by atoms with Crippen molar-refractivity contribution in [3.63, 3.8) is 0 Å². The molecular weight excluding hydrogens is 272 g/mol. The minimum Gasteiger partial charge on any atom is -0.473 e. The third kappa shape index (κ3) is 4.27. The van der Waals surface area contributed by atoms with Crippen LogP contribution >= 0.6 is 0 Å². The van der Waals surface area contributed by atoms with E-state index in [1.807, 2.05) is 6.92 Å². The fourth-order valence-corrected chi connectivity index (χ4v) is 2.55. The van der Waals surface area contributed by atoms with E-state index in [1.165, 1.54) is 19.2 Å². The molecule has 7 nitrogen and oxygen atoms in total. The van der Waals surface area contributed by atoms with Crippen LogP contribution in [0.3, 0.4) is 0 Å².